The zero-order chi connectivity index (χ0) is 11.0. The van der Waals surface area contributed by atoms with Crippen LogP contribution in [0, 0.1) is 0 Å². The van der Waals surface area contributed by atoms with Crippen LogP contribution in [0.1, 0.15) is 5.56 Å². The molecule has 0 unspecified atom stereocenters. The molecule has 0 spiro atoms. The summed E-state index contributed by atoms with van der Waals surface area (Å²) >= 11 is 5.84. The van der Waals surface area contributed by atoms with Gasteiger partial charge in [-0.3, -0.25) is 0 Å². The monoisotopic (exact) mass is 233 g/mol. The molecule has 0 amide bonds. The molecule has 5 nitrogen and oxygen atoms in total. The van der Waals surface area contributed by atoms with Crippen LogP contribution in [0.15, 0.2) is 30.3 Å². The zero-order valence-corrected chi connectivity index (χ0v) is 9.02. The van der Waals surface area contributed by atoms with Gasteiger partial charge in [-0.1, -0.05) is 28.8 Å². The molecule has 6 heteroatoms. The molecule has 1 aliphatic heterocycles. The highest BCUT2D eigenvalue weighted by Crippen LogP contribution is 2.21. The van der Waals surface area contributed by atoms with Crippen molar-refractivity contribution < 1.29 is 0 Å². The molecule has 0 saturated heterocycles. The van der Waals surface area contributed by atoms with Crippen LogP contribution < -0.4 is 5.32 Å². The van der Waals surface area contributed by atoms with Gasteiger partial charge in [0.05, 0.1) is 6.54 Å². The number of tetrazole rings is 1. The van der Waals surface area contributed by atoms with Crippen LogP contribution in [0.4, 0.5) is 5.95 Å². The molecule has 0 fully saturated rings. The first kappa shape index (κ1) is 9.35. The molecule has 0 bridgehead atoms. The second-order valence-electron chi connectivity index (χ2n) is 3.43. The lowest BCUT2D eigenvalue weighted by molar-refractivity contribution is 0.661. The van der Waals surface area contributed by atoms with Crippen molar-refractivity contribution in [1.82, 2.24) is 20.2 Å². The van der Waals surface area contributed by atoms with Crippen molar-refractivity contribution >= 4 is 23.2 Å². The van der Waals surface area contributed by atoms with Gasteiger partial charge in [-0.25, -0.2) is 4.68 Å². The number of nitrogens with one attached hydrogen (secondary N) is 1. The number of aromatic nitrogens is 4. The van der Waals surface area contributed by atoms with Crippen molar-refractivity contribution in [1.29, 1.82) is 0 Å². The van der Waals surface area contributed by atoms with Crippen molar-refractivity contribution in [2.24, 2.45) is 0 Å². The molecule has 1 aliphatic rings. The van der Waals surface area contributed by atoms with Gasteiger partial charge >= 0.3 is 0 Å². The van der Waals surface area contributed by atoms with E-state index in [1.807, 2.05) is 30.3 Å². The van der Waals surface area contributed by atoms with E-state index >= 15 is 0 Å². The molecule has 0 atom stereocenters. The van der Waals surface area contributed by atoms with E-state index in [1.165, 1.54) is 0 Å². The van der Waals surface area contributed by atoms with Gasteiger partial charge < -0.3 is 5.32 Å². The summed E-state index contributed by atoms with van der Waals surface area (Å²) in [6, 6.07) is 7.63. The van der Waals surface area contributed by atoms with Crippen LogP contribution in [-0.4, -0.2) is 20.2 Å². The SMILES string of the molecule is Clc1ccc(C2=CCn3nnnc3N2)cc1. The summed E-state index contributed by atoms with van der Waals surface area (Å²) < 4.78 is 1.69. The highest BCUT2D eigenvalue weighted by Gasteiger charge is 2.13. The van der Waals surface area contributed by atoms with E-state index in [9.17, 15) is 0 Å². The van der Waals surface area contributed by atoms with Gasteiger partial charge in [0.1, 0.15) is 0 Å². The lowest BCUT2D eigenvalue weighted by atomic mass is 10.1. The van der Waals surface area contributed by atoms with Crippen molar-refractivity contribution in [2.75, 3.05) is 5.32 Å². The summed E-state index contributed by atoms with van der Waals surface area (Å²) in [5, 5.41) is 15.2. The minimum Gasteiger partial charge on any atom is -0.323 e. The molecule has 0 aliphatic carbocycles. The van der Waals surface area contributed by atoms with Gasteiger partial charge in [-0.15, -0.1) is 0 Å². The average molecular weight is 234 g/mol. The Morgan fingerprint density at radius 2 is 2.06 bits per heavy atom. The number of halogens is 1. The standard InChI is InChI=1S/C10H8ClN5/c11-8-3-1-7(2-4-8)9-5-6-16-10(12-9)13-14-15-16/h1-5H,6H2,(H,12,13,15). The second kappa shape index (κ2) is 3.61. The Morgan fingerprint density at radius 1 is 1.25 bits per heavy atom. The minimum atomic E-state index is 0.660. The largest absolute Gasteiger partial charge is 0.323 e. The van der Waals surface area contributed by atoms with E-state index in [2.05, 4.69) is 20.8 Å². The predicted molar refractivity (Wildman–Crippen MR) is 60.9 cm³/mol. The smallest absolute Gasteiger partial charge is 0.247 e. The summed E-state index contributed by atoms with van der Waals surface area (Å²) in [5.74, 6) is 0.660. The minimum absolute atomic E-state index is 0.660. The molecule has 80 valence electrons. The van der Waals surface area contributed by atoms with Crippen molar-refractivity contribution in [3.8, 4) is 0 Å². The van der Waals surface area contributed by atoms with Crippen molar-refractivity contribution in [3.63, 3.8) is 0 Å². The Labute approximate surface area is 96.7 Å². The first-order valence-electron chi connectivity index (χ1n) is 4.82. The Morgan fingerprint density at radius 3 is 2.88 bits per heavy atom. The highest BCUT2D eigenvalue weighted by atomic mass is 35.5. The number of allylic oxidation sites excluding steroid dienone is 1. The third-order valence-corrected chi connectivity index (χ3v) is 2.65. The number of anilines is 1. The molecule has 2 aromatic rings. The van der Waals surface area contributed by atoms with E-state index in [4.69, 9.17) is 11.6 Å². The van der Waals surface area contributed by atoms with Crippen molar-refractivity contribution in [3.05, 3.63) is 40.9 Å². The van der Waals surface area contributed by atoms with Crippen LogP contribution >= 0.6 is 11.6 Å². The van der Waals surface area contributed by atoms with Gasteiger partial charge in [-0.05, 0) is 34.2 Å². The summed E-state index contributed by atoms with van der Waals surface area (Å²) in [6.07, 6.45) is 2.03. The van der Waals surface area contributed by atoms with Crippen LogP contribution in [0.5, 0.6) is 0 Å². The topological polar surface area (TPSA) is 55.6 Å². The van der Waals surface area contributed by atoms with Crippen molar-refractivity contribution in [2.45, 2.75) is 6.54 Å². The normalized spacial score (nSPS) is 13.9. The average Bonchev–Trinajstić information content (AvgIpc) is 2.77. The number of benzene rings is 1. The molecule has 1 aromatic heterocycles. The first-order chi connectivity index (χ1) is 7.83. The third kappa shape index (κ3) is 1.55. The third-order valence-electron chi connectivity index (χ3n) is 2.40. The fourth-order valence-corrected chi connectivity index (χ4v) is 1.71. The molecular formula is C10H8ClN5. The number of hydrogen-bond acceptors (Lipinski definition) is 4. The van der Waals surface area contributed by atoms with E-state index in [-0.39, 0.29) is 0 Å². The summed E-state index contributed by atoms with van der Waals surface area (Å²) in [4.78, 5) is 0. The van der Waals surface area contributed by atoms with Gasteiger partial charge in [0.2, 0.25) is 5.95 Å². The maximum absolute atomic E-state index is 5.84. The van der Waals surface area contributed by atoms with Crippen LogP contribution in [0.2, 0.25) is 5.02 Å². The van der Waals surface area contributed by atoms with Crippen LogP contribution in [0.25, 0.3) is 5.70 Å². The van der Waals surface area contributed by atoms with Crippen LogP contribution in [0.3, 0.4) is 0 Å². The number of hydrogen-bond donors (Lipinski definition) is 1. The van der Waals surface area contributed by atoms with Gasteiger partial charge in [-0.2, -0.15) is 0 Å². The molecule has 0 radical (unpaired) electrons. The predicted octanol–water partition coefficient (Wildman–Crippen LogP) is 1.79. The quantitative estimate of drug-likeness (QED) is 0.816. The Hall–Kier alpha value is -1.88. The van der Waals surface area contributed by atoms with Gasteiger partial charge in [0, 0.05) is 10.7 Å². The fourth-order valence-electron chi connectivity index (χ4n) is 1.59. The second-order valence-corrected chi connectivity index (χ2v) is 3.87. The van der Waals surface area contributed by atoms with E-state index in [1.54, 1.807) is 4.68 Å². The fraction of sp³-hybridized carbons (Fsp3) is 0.100. The van der Waals surface area contributed by atoms with Gasteiger partial charge in [0.15, 0.2) is 0 Å². The molecule has 1 aromatic carbocycles. The molecular weight excluding hydrogens is 226 g/mol. The molecule has 0 saturated carbocycles. The molecule has 3 rings (SSSR count). The molecule has 16 heavy (non-hydrogen) atoms. The van der Waals surface area contributed by atoms with Crippen LogP contribution in [-0.2, 0) is 6.54 Å². The maximum Gasteiger partial charge on any atom is 0.247 e. The van der Waals surface area contributed by atoms with E-state index in [0.29, 0.717) is 12.5 Å². The summed E-state index contributed by atoms with van der Waals surface area (Å²) in [6.45, 7) is 0.674. The number of nitrogens with zero attached hydrogens (tertiary/aromatic N) is 4. The number of fused-ring (bicyclic) bond motifs is 1. The lowest BCUT2D eigenvalue weighted by Crippen LogP contribution is -2.13. The zero-order valence-electron chi connectivity index (χ0n) is 8.26. The summed E-state index contributed by atoms with van der Waals surface area (Å²) in [5.41, 5.74) is 2.07. The molecule has 2 heterocycles. The Bertz CT molecular complexity index is 543. The summed E-state index contributed by atoms with van der Waals surface area (Å²) in [7, 11) is 0. The van der Waals surface area contributed by atoms with E-state index in [0.717, 1.165) is 16.3 Å². The maximum atomic E-state index is 5.84. The molecule has 1 N–H and O–H groups in total. The lowest BCUT2D eigenvalue weighted by Gasteiger charge is -2.15. The van der Waals surface area contributed by atoms with E-state index < -0.39 is 0 Å². The number of rotatable bonds is 1. The highest BCUT2D eigenvalue weighted by molar-refractivity contribution is 6.30. The van der Waals surface area contributed by atoms with Gasteiger partial charge in [0.25, 0.3) is 0 Å². The first-order valence-corrected chi connectivity index (χ1v) is 5.20. The Kier molecular flexibility index (Phi) is 2.11. The Balaban J connectivity index is 1.92.